The molecule has 1 saturated heterocycles. The maximum absolute atomic E-state index is 13.4. The molecule has 0 radical (unpaired) electrons. The van der Waals surface area contributed by atoms with Gasteiger partial charge in [-0.2, -0.15) is 18.2 Å². The normalized spacial score (nSPS) is 16.8. The quantitative estimate of drug-likeness (QED) is 0.294. The highest BCUT2D eigenvalue weighted by Crippen LogP contribution is 2.33. The molecule has 1 saturated carbocycles. The lowest BCUT2D eigenvalue weighted by atomic mass is 9.87. The Morgan fingerprint density at radius 3 is 2.04 bits per heavy atom. The van der Waals surface area contributed by atoms with Crippen molar-refractivity contribution >= 4 is 17.8 Å². The van der Waals surface area contributed by atoms with Crippen LogP contribution in [-0.2, 0) is 27.7 Å². The van der Waals surface area contributed by atoms with Crippen molar-refractivity contribution in [2.75, 3.05) is 37.6 Å². The van der Waals surface area contributed by atoms with E-state index in [4.69, 9.17) is 10.2 Å². The zero-order valence-electron chi connectivity index (χ0n) is 26.1. The van der Waals surface area contributed by atoms with Gasteiger partial charge in [0.15, 0.2) is 0 Å². The standard InChI is InChI=1S/C27H39F3N6O.C4H4O4/c1-26(2,3)24-32-22(27(28,29)30)19-23(33-24)35-17-15-34(16-18-35)12-7-8-13-36-14-11-21(31-25(36)37)20-9-5-4-6-10-20;5-3(6)1-2-4(7)8/h11,14,19-20H,4-10,12-13,15-18H2,1-3H3;1-2H,(H,5,6)(H,7,8). The van der Waals surface area contributed by atoms with Crippen LogP contribution in [-0.4, -0.2) is 79.3 Å². The molecule has 2 N–H and O–H groups in total. The molecule has 11 nitrogen and oxygen atoms in total. The third kappa shape index (κ3) is 11.6. The van der Waals surface area contributed by atoms with Crippen molar-refractivity contribution in [3.05, 3.63) is 58.2 Å². The first kappa shape index (κ1) is 35.7. The van der Waals surface area contributed by atoms with Crippen molar-refractivity contribution in [2.24, 2.45) is 0 Å². The van der Waals surface area contributed by atoms with Crippen LogP contribution in [0.25, 0.3) is 0 Å². The van der Waals surface area contributed by atoms with E-state index in [1.54, 1.807) is 4.57 Å². The number of carboxylic acids is 2. The Morgan fingerprint density at radius 2 is 1.51 bits per heavy atom. The second-order valence-electron chi connectivity index (χ2n) is 12.4. The number of aliphatic carboxylic acids is 2. The molecule has 0 aromatic carbocycles. The molecular weight excluding hydrogens is 593 g/mol. The van der Waals surface area contributed by atoms with Crippen LogP contribution in [0, 0.1) is 0 Å². The highest BCUT2D eigenvalue weighted by atomic mass is 19.4. The molecule has 2 aromatic rings. The highest BCUT2D eigenvalue weighted by molar-refractivity contribution is 5.89. The van der Waals surface area contributed by atoms with Crippen LogP contribution in [0.1, 0.15) is 88.8 Å². The van der Waals surface area contributed by atoms with E-state index < -0.39 is 29.2 Å². The average molecular weight is 637 g/mol. The topological polar surface area (TPSA) is 142 Å². The fraction of sp³-hybridized carbons (Fsp3) is 0.613. The summed E-state index contributed by atoms with van der Waals surface area (Å²) < 4.78 is 42.0. The number of piperazine rings is 1. The maximum atomic E-state index is 13.4. The molecule has 3 heterocycles. The lowest BCUT2D eigenvalue weighted by molar-refractivity contribution is -0.141. The summed E-state index contributed by atoms with van der Waals surface area (Å²) in [6, 6.07) is 3.08. The Hall–Kier alpha value is -3.81. The maximum Gasteiger partial charge on any atom is 0.433 e. The minimum atomic E-state index is -4.51. The molecule has 2 aliphatic rings. The number of aryl methyl sites for hydroxylation is 1. The third-order valence-corrected chi connectivity index (χ3v) is 7.78. The number of carbonyl (C=O) groups is 2. The lowest BCUT2D eigenvalue weighted by Gasteiger charge is -2.36. The van der Waals surface area contributed by atoms with Crippen LogP contribution >= 0.6 is 0 Å². The van der Waals surface area contributed by atoms with Gasteiger partial charge in [0, 0.05) is 68.5 Å². The minimum Gasteiger partial charge on any atom is -0.478 e. The van der Waals surface area contributed by atoms with Gasteiger partial charge in [-0.05, 0) is 38.3 Å². The van der Waals surface area contributed by atoms with E-state index in [2.05, 4.69) is 19.9 Å². The summed E-state index contributed by atoms with van der Waals surface area (Å²) >= 11 is 0. The predicted molar refractivity (Wildman–Crippen MR) is 162 cm³/mol. The first-order valence-corrected chi connectivity index (χ1v) is 15.3. The molecule has 2 fully saturated rings. The smallest absolute Gasteiger partial charge is 0.433 e. The van der Waals surface area contributed by atoms with Crippen molar-refractivity contribution < 1.29 is 33.0 Å². The number of nitrogens with zero attached hydrogens (tertiary/aromatic N) is 6. The van der Waals surface area contributed by atoms with Crippen molar-refractivity contribution in [3.63, 3.8) is 0 Å². The van der Waals surface area contributed by atoms with Crippen LogP contribution < -0.4 is 10.6 Å². The summed E-state index contributed by atoms with van der Waals surface area (Å²) in [6.45, 7) is 9.74. The van der Waals surface area contributed by atoms with E-state index in [0.717, 1.165) is 57.1 Å². The molecule has 248 valence electrons. The van der Waals surface area contributed by atoms with Crippen LogP contribution in [0.5, 0.6) is 0 Å². The molecule has 0 bridgehead atoms. The van der Waals surface area contributed by atoms with E-state index >= 15 is 0 Å². The summed E-state index contributed by atoms with van der Waals surface area (Å²) in [5, 5.41) is 15.6. The SMILES string of the molecule is CC(C)(C)c1nc(N2CCN(CCCCn3ccc(C4CCCCC4)nc3=O)CC2)cc(C(F)(F)F)n1.O=C(O)C=CC(=O)O. The average Bonchev–Trinajstić information content (AvgIpc) is 2.99. The van der Waals surface area contributed by atoms with Gasteiger partial charge in [-0.25, -0.2) is 24.4 Å². The molecule has 2 aromatic heterocycles. The van der Waals surface area contributed by atoms with Crippen molar-refractivity contribution in [1.82, 2.24) is 24.4 Å². The van der Waals surface area contributed by atoms with Crippen LogP contribution in [0.15, 0.2) is 35.3 Å². The highest BCUT2D eigenvalue weighted by Gasteiger charge is 2.36. The summed E-state index contributed by atoms with van der Waals surface area (Å²) in [6.07, 6.45) is 6.28. The molecule has 0 unspecified atom stereocenters. The molecule has 0 atom stereocenters. The van der Waals surface area contributed by atoms with E-state index in [1.807, 2.05) is 37.9 Å². The first-order valence-electron chi connectivity index (χ1n) is 15.3. The molecule has 0 spiro atoms. The first-order chi connectivity index (χ1) is 21.1. The second kappa shape index (κ2) is 16.0. The van der Waals surface area contributed by atoms with Gasteiger partial charge in [-0.3, -0.25) is 9.47 Å². The fourth-order valence-corrected chi connectivity index (χ4v) is 5.28. The van der Waals surface area contributed by atoms with Gasteiger partial charge in [0.1, 0.15) is 17.3 Å². The van der Waals surface area contributed by atoms with Crippen LogP contribution in [0.3, 0.4) is 0 Å². The Bertz CT molecular complexity index is 1330. The summed E-state index contributed by atoms with van der Waals surface area (Å²) in [4.78, 5) is 48.4. The van der Waals surface area contributed by atoms with Crippen molar-refractivity contribution in [1.29, 1.82) is 0 Å². The molecule has 0 amide bonds. The predicted octanol–water partition coefficient (Wildman–Crippen LogP) is 4.71. The number of hydrogen-bond acceptors (Lipinski definition) is 8. The van der Waals surface area contributed by atoms with E-state index in [-0.39, 0.29) is 11.5 Å². The Balaban J connectivity index is 0.000000610. The van der Waals surface area contributed by atoms with Crippen LogP contribution in [0.2, 0.25) is 0 Å². The van der Waals surface area contributed by atoms with Crippen molar-refractivity contribution in [2.45, 2.75) is 89.8 Å². The van der Waals surface area contributed by atoms with E-state index in [1.165, 1.54) is 19.3 Å². The van der Waals surface area contributed by atoms with Crippen molar-refractivity contribution in [3.8, 4) is 0 Å². The molecule has 1 aliphatic heterocycles. The lowest BCUT2D eigenvalue weighted by Crippen LogP contribution is -2.47. The number of unbranched alkanes of at least 4 members (excludes halogenated alkanes) is 1. The number of anilines is 1. The summed E-state index contributed by atoms with van der Waals surface area (Å²) in [5.74, 6) is -1.54. The summed E-state index contributed by atoms with van der Waals surface area (Å²) in [7, 11) is 0. The Kier molecular flexibility index (Phi) is 12.6. The van der Waals surface area contributed by atoms with E-state index in [0.29, 0.717) is 43.5 Å². The molecular formula is C31H43F3N6O5. The number of rotatable bonds is 9. The number of carboxylic acid groups (broad SMARTS) is 2. The van der Waals surface area contributed by atoms with E-state index in [9.17, 15) is 27.6 Å². The fourth-order valence-electron chi connectivity index (χ4n) is 5.28. The number of aromatic nitrogens is 4. The second-order valence-corrected chi connectivity index (χ2v) is 12.4. The third-order valence-electron chi connectivity index (χ3n) is 7.78. The number of hydrogen-bond donors (Lipinski definition) is 2. The van der Waals surface area contributed by atoms with Gasteiger partial charge in [-0.15, -0.1) is 0 Å². The molecule has 45 heavy (non-hydrogen) atoms. The largest absolute Gasteiger partial charge is 0.478 e. The molecule has 4 rings (SSSR count). The van der Waals surface area contributed by atoms with Gasteiger partial charge >= 0.3 is 23.8 Å². The minimum absolute atomic E-state index is 0.158. The monoisotopic (exact) mass is 636 g/mol. The van der Waals surface area contributed by atoms with Gasteiger partial charge in [-0.1, -0.05) is 40.0 Å². The van der Waals surface area contributed by atoms with Gasteiger partial charge in [0.05, 0.1) is 5.69 Å². The number of alkyl halides is 3. The Morgan fingerprint density at radius 1 is 0.911 bits per heavy atom. The van der Waals surface area contributed by atoms with Gasteiger partial charge < -0.3 is 15.1 Å². The molecule has 1 aliphatic carbocycles. The van der Waals surface area contributed by atoms with Crippen LogP contribution in [0.4, 0.5) is 19.0 Å². The summed E-state index contributed by atoms with van der Waals surface area (Å²) in [5.41, 5.74) is -0.680. The molecule has 14 heteroatoms. The number of halogens is 3. The van der Waals surface area contributed by atoms with Gasteiger partial charge in [0.2, 0.25) is 0 Å². The Labute approximate surface area is 260 Å². The van der Waals surface area contributed by atoms with Gasteiger partial charge in [0.25, 0.3) is 0 Å². The zero-order valence-corrected chi connectivity index (χ0v) is 26.1. The zero-order chi connectivity index (χ0) is 33.2.